The summed E-state index contributed by atoms with van der Waals surface area (Å²) in [4.78, 5) is 20.8. The molecule has 1 aliphatic rings. The predicted molar refractivity (Wildman–Crippen MR) is 132 cm³/mol. The number of aryl methyl sites for hydroxylation is 1. The van der Waals surface area contributed by atoms with Crippen LogP contribution in [0.2, 0.25) is 0 Å². The zero-order valence-corrected chi connectivity index (χ0v) is 20.3. The van der Waals surface area contributed by atoms with Crippen molar-refractivity contribution in [1.82, 2.24) is 15.2 Å². The van der Waals surface area contributed by atoms with Gasteiger partial charge in [0.2, 0.25) is 0 Å². The molecule has 2 heterocycles. The molecule has 0 aliphatic carbocycles. The van der Waals surface area contributed by atoms with Crippen molar-refractivity contribution in [3.8, 4) is 22.1 Å². The van der Waals surface area contributed by atoms with Crippen LogP contribution in [0, 0.1) is 6.92 Å². The van der Waals surface area contributed by atoms with E-state index in [1.54, 1.807) is 14.2 Å². The van der Waals surface area contributed by atoms with Crippen molar-refractivity contribution in [2.24, 2.45) is 0 Å². The van der Waals surface area contributed by atoms with Crippen LogP contribution in [0.4, 0.5) is 0 Å². The fraction of sp³-hybridized carbons (Fsp3) is 0.385. The second kappa shape index (κ2) is 10.8. The first-order valence-corrected chi connectivity index (χ1v) is 12.2. The Labute approximate surface area is 199 Å². The Morgan fingerprint density at radius 3 is 2.48 bits per heavy atom. The molecule has 1 N–H and O–H groups in total. The number of piperidine rings is 1. The van der Waals surface area contributed by atoms with Gasteiger partial charge in [0.25, 0.3) is 5.91 Å². The van der Waals surface area contributed by atoms with E-state index in [4.69, 9.17) is 9.47 Å². The number of amides is 1. The maximum Gasteiger partial charge on any atom is 0.263 e. The van der Waals surface area contributed by atoms with Gasteiger partial charge >= 0.3 is 0 Å². The summed E-state index contributed by atoms with van der Waals surface area (Å²) in [5.74, 6) is 1.21. The number of ether oxygens (including phenoxy) is 2. The Balaban J connectivity index is 1.45. The van der Waals surface area contributed by atoms with Gasteiger partial charge in [-0.3, -0.25) is 9.69 Å². The van der Waals surface area contributed by atoms with Crippen LogP contribution in [-0.4, -0.2) is 43.1 Å². The maximum atomic E-state index is 13.0. The van der Waals surface area contributed by atoms with Gasteiger partial charge in [-0.2, -0.15) is 0 Å². The van der Waals surface area contributed by atoms with E-state index in [0.717, 1.165) is 35.9 Å². The molecule has 0 unspecified atom stereocenters. The van der Waals surface area contributed by atoms with Gasteiger partial charge in [-0.05, 0) is 62.2 Å². The lowest BCUT2D eigenvalue weighted by atomic mass is 10.0. The fourth-order valence-corrected chi connectivity index (χ4v) is 5.18. The molecule has 6 nitrogen and oxygen atoms in total. The molecule has 1 fully saturated rings. The highest BCUT2D eigenvalue weighted by molar-refractivity contribution is 7.17. The molecular formula is C26H31N3O3S. The summed E-state index contributed by atoms with van der Waals surface area (Å²) in [5.41, 5.74) is 4.07. The molecular weight excluding hydrogens is 434 g/mol. The Hall–Kier alpha value is -2.90. The van der Waals surface area contributed by atoms with Crippen LogP contribution in [-0.2, 0) is 13.1 Å². The van der Waals surface area contributed by atoms with Gasteiger partial charge < -0.3 is 14.8 Å². The molecule has 1 aliphatic heterocycles. The third-order valence-electron chi connectivity index (χ3n) is 6.03. The highest BCUT2D eigenvalue weighted by atomic mass is 32.1. The first-order valence-electron chi connectivity index (χ1n) is 11.4. The minimum absolute atomic E-state index is 0.0931. The lowest BCUT2D eigenvalue weighted by Gasteiger charge is -2.27. The molecule has 3 aromatic rings. The fourth-order valence-electron chi connectivity index (χ4n) is 4.20. The van der Waals surface area contributed by atoms with Crippen molar-refractivity contribution >= 4 is 17.2 Å². The molecule has 0 saturated carbocycles. The largest absolute Gasteiger partial charge is 0.493 e. The molecule has 0 atom stereocenters. The highest BCUT2D eigenvalue weighted by Crippen LogP contribution is 2.35. The smallest absolute Gasteiger partial charge is 0.263 e. The van der Waals surface area contributed by atoms with E-state index in [1.165, 1.54) is 41.7 Å². The predicted octanol–water partition coefficient (Wildman–Crippen LogP) is 5.05. The van der Waals surface area contributed by atoms with Crippen LogP contribution in [0.25, 0.3) is 10.6 Å². The van der Waals surface area contributed by atoms with Gasteiger partial charge in [0, 0.05) is 18.7 Å². The minimum atomic E-state index is -0.0931. The number of thiazole rings is 1. The lowest BCUT2D eigenvalue weighted by Crippen LogP contribution is -2.30. The summed E-state index contributed by atoms with van der Waals surface area (Å²) in [6, 6.07) is 14.1. The van der Waals surface area contributed by atoms with Gasteiger partial charge in [-0.25, -0.2) is 4.98 Å². The molecule has 1 saturated heterocycles. The van der Waals surface area contributed by atoms with E-state index in [-0.39, 0.29) is 5.91 Å². The summed E-state index contributed by atoms with van der Waals surface area (Å²) in [5, 5.41) is 3.89. The topological polar surface area (TPSA) is 63.7 Å². The number of aromatic nitrogens is 1. The monoisotopic (exact) mass is 465 g/mol. The number of likely N-dealkylation sites (tertiary alicyclic amines) is 1. The van der Waals surface area contributed by atoms with Crippen LogP contribution >= 0.6 is 11.3 Å². The Morgan fingerprint density at radius 1 is 1.03 bits per heavy atom. The summed E-state index contributed by atoms with van der Waals surface area (Å²) in [6.07, 6.45) is 3.87. The number of benzene rings is 2. The van der Waals surface area contributed by atoms with Crippen LogP contribution < -0.4 is 14.8 Å². The zero-order valence-electron chi connectivity index (χ0n) is 19.5. The Kier molecular flexibility index (Phi) is 7.62. The Bertz CT molecular complexity index is 1110. The van der Waals surface area contributed by atoms with E-state index in [9.17, 15) is 4.79 Å². The number of methoxy groups -OCH3 is 2. The standard InChI is InChI=1S/C26H31N3O3S/c1-18-24(33-26(28-18)19-11-12-22(31-2)23(15-19)32-3)25(30)27-16-20-9-5-6-10-21(20)17-29-13-7-4-8-14-29/h5-6,9-12,15H,4,7-8,13-14,16-17H2,1-3H3,(H,27,30). The summed E-state index contributed by atoms with van der Waals surface area (Å²) >= 11 is 1.39. The maximum absolute atomic E-state index is 13.0. The summed E-state index contributed by atoms with van der Waals surface area (Å²) in [6.45, 7) is 5.63. The molecule has 7 heteroatoms. The zero-order chi connectivity index (χ0) is 23.2. The van der Waals surface area contributed by atoms with Crippen molar-refractivity contribution in [3.63, 3.8) is 0 Å². The third kappa shape index (κ3) is 5.54. The average Bonchev–Trinajstić information content (AvgIpc) is 3.25. The van der Waals surface area contributed by atoms with E-state index in [0.29, 0.717) is 22.9 Å². The van der Waals surface area contributed by atoms with E-state index in [2.05, 4.69) is 33.4 Å². The van der Waals surface area contributed by atoms with Crippen molar-refractivity contribution in [1.29, 1.82) is 0 Å². The quantitative estimate of drug-likeness (QED) is 0.504. The minimum Gasteiger partial charge on any atom is -0.493 e. The van der Waals surface area contributed by atoms with Crippen LogP contribution in [0.1, 0.15) is 45.8 Å². The number of nitrogens with one attached hydrogen (secondary N) is 1. The molecule has 33 heavy (non-hydrogen) atoms. The van der Waals surface area contributed by atoms with Crippen LogP contribution in [0.15, 0.2) is 42.5 Å². The molecule has 0 radical (unpaired) electrons. The van der Waals surface area contributed by atoms with E-state index in [1.807, 2.05) is 31.2 Å². The van der Waals surface area contributed by atoms with Crippen LogP contribution in [0.5, 0.6) is 11.5 Å². The van der Waals surface area contributed by atoms with Gasteiger partial charge in [0.15, 0.2) is 11.5 Å². The first kappa shape index (κ1) is 23.3. The molecule has 0 bridgehead atoms. The van der Waals surface area contributed by atoms with Crippen molar-refractivity contribution in [2.45, 2.75) is 39.3 Å². The first-order chi connectivity index (χ1) is 16.1. The normalized spacial score (nSPS) is 14.2. The SMILES string of the molecule is COc1ccc(-c2nc(C)c(C(=O)NCc3ccccc3CN3CCCCC3)s2)cc1OC. The average molecular weight is 466 g/mol. The van der Waals surface area contributed by atoms with E-state index < -0.39 is 0 Å². The number of hydrogen-bond donors (Lipinski definition) is 1. The van der Waals surface area contributed by atoms with Crippen LogP contribution in [0.3, 0.4) is 0 Å². The van der Waals surface area contributed by atoms with Gasteiger partial charge in [-0.15, -0.1) is 11.3 Å². The van der Waals surface area contributed by atoms with Gasteiger partial charge in [0.05, 0.1) is 19.9 Å². The molecule has 4 rings (SSSR count). The molecule has 1 amide bonds. The molecule has 174 valence electrons. The number of hydrogen-bond acceptors (Lipinski definition) is 6. The third-order valence-corrected chi connectivity index (χ3v) is 7.24. The number of carbonyl (C=O) groups is 1. The molecule has 1 aromatic heterocycles. The highest BCUT2D eigenvalue weighted by Gasteiger charge is 2.18. The number of nitrogens with zero attached hydrogens (tertiary/aromatic N) is 2. The van der Waals surface area contributed by atoms with Gasteiger partial charge in [-0.1, -0.05) is 30.7 Å². The Morgan fingerprint density at radius 2 is 1.76 bits per heavy atom. The second-order valence-corrected chi connectivity index (χ2v) is 9.29. The summed E-state index contributed by atoms with van der Waals surface area (Å²) in [7, 11) is 3.22. The van der Waals surface area contributed by atoms with Crippen molar-refractivity contribution in [2.75, 3.05) is 27.3 Å². The lowest BCUT2D eigenvalue weighted by molar-refractivity contribution is 0.0954. The molecule has 0 spiro atoms. The summed E-state index contributed by atoms with van der Waals surface area (Å²) < 4.78 is 10.7. The number of carbonyl (C=O) groups excluding carboxylic acids is 1. The van der Waals surface area contributed by atoms with Gasteiger partial charge in [0.1, 0.15) is 9.88 Å². The molecule has 2 aromatic carbocycles. The van der Waals surface area contributed by atoms with Crippen molar-refractivity contribution < 1.29 is 14.3 Å². The van der Waals surface area contributed by atoms with Crippen molar-refractivity contribution in [3.05, 3.63) is 64.2 Å². The number of rotatable bonds is 8. The van der Waals surface area contributed by atoms with E-state index >= 15 is 0 Å². The second-order valence-electron chi connectivity index (χ2n) is 8.29.